The number of hydrogen-bond donors (Lipinski definition) is 1. The van der Waals surface area contributed by atoms with Gasteiger partial charge in [-0.3, -0.25) is 0 Å². The van der Waals surface area contributed by atoms with Crippen molar-refractivity contribution in [2.24, 2.45) is 5.16 Å². The summed E-state index contributed by atoms with van der Waals surface area (Å²) in [7, 11) is 0. The second-order valence-electron chi connectivity index (χ2n) is 5.20. The van der Waals surface area contributed by atoms with E-state index in [2.05, 4.69) is 16.8 Å². The second-order valence-corrected chi connectivity index (χ2v) is 5.20. The van der Waals surface area contributed by atoms with Crippen molar-refractivity contribution < 1.29 is 23.1 Å². The minimum atomic E-state index is -4.70. The first-order valence-electron chi connectivity index (χ1n) is 7.24. The largest absolute Gasteiger partial charge is 0.573 e. The Hall–Kier alpha value is -1.98. The molecule has 1 aliphatic rings. The number of rotatable bonds is 5. The Labute approximate surface area is 127 Å². The maximum atomic E-state index is 12.2. The van der Waals surface area contributed by atoms with Crippen molar-refractivity contribution in [3.63, 3.8) is 0 Å². The minimum absolute atomic E-state index is 0.257. The molecule has 0 aromatic heterocycles. The molecule has 22 heavy (non-hydrogen) atoms. The van der Waals surface area contributed by atoms with Gasteiger partial charge in [-0.05, 0) is 43.4 Å². The Kier molecular flexibility index (Phi) is 5.11. The fourth-order valence-electron chi connectivity index (χ4n) is 2.66. The number of unbranched alkanes of at least 4 members (excludes halogenated alkanes) is 1. The Morgan fingerprint density at radius 2 is 1.86 bits per heavy atom. The molecule has 0 radical (unpaired) electrons. The third-order valence-corrected chi connectivity index (χ3v) is 3.64. The normalized spacial score (nSPS) is 17.4. The lowest BCUT2D eigenvalue weighted by Crippen LogP contribution is -2.17. The molecule has 2 rings (SSSR count). The van der Waals surface area contributed by atoms with Crippen molar-refractivity contribution in [2.75, 3.05) is 0 Å². The number of nitrogens with zero attached hydrogens (tertiary/aromatic N) is 1. The quantitative estimate of drug-likeness (QED) is 0.603. The number of benzene rings is 1. The molecule has 0 unspecified atom stereocenters. The average Bonchev–Trinajstić information content (AvgIpc) is 2.87. The van der Waals surface area contributed by atoms with Gasteiger partial charge in [-0.15, -0.1) is 13.2 Å². The van der Waals surface area contributed by atoms with E-state index in [1.807, 2.05) is 0 Å². The third kappa shape index (κ3) is 4.02. The van der Waals surface area contributed by atoms with Crippen molar-refractivity contribution in [3.8, 4) is 5.75 Å². The number of alkyl halides is 3. The van der Waals surface area contributed by atoms with Gasteiger partial charge in [-0.1, -0.05) is 36.2 Å². The highest BCUT2D eigenvalue weighted by Gasteiger charge is 2.31. The highest BCUT2D eigenvalue weighted by molar-refractivity contribution is 6.26. The van der Waals surface area contributed by atoms with E-state index in [0.717, 1.165) is 36.8 Å². The molecule has 120 valence electrons. The maximum Gasteiger partial charge on any atom is 0.573 e. The molecule has 0 saturated carbocycles. The summed E-state index contributed by atoms with van der Waals surface area (Å²) in [5.74, 6) is -0.257. The third-order valence-electron chi connectivity index (χ3n) is 3.64. The van der Waals surface area contributed by atoms with Crippen LogP contribution >= 0.6 is 0 Å². The summed E-state index contributed by atoms with van der Waals surface area (Å²) in [6, 6.07) is 5.69. The Bertz CT molecular complexity index is 574. The van der Waals surface area contributed by atoms with E-state index in [4.69, 9.17) is 5.21 Å². The zero-order valence-electron chi connectivity index (χ0n) is 12.3. The molecule has 0 aliphatic heterocycles. The summed E-state index contributed by atoms with van der Waals surface area (Å²) in [4.78, 5) is 0. The van der Waals surface area contributed by atoms with Crippen molar-refractivity contribution >= 4 is 11.3 Å². The van der Waals surface area contributed by atoms with Crippen LogP contribution in [0.3, 0.4) is 0 Å². The predicted molar refractivity (Wildman–Crippen MR) is 78.0 cm³/mol. The first kappa shape index (κ1) is 16.4. The van der Waals surface area contributed by atoms with E-state index >= 15 is 0 Å². The Morgan fingerprint density at radius 1 is 1.18 bits per heavy atom. The lowest BCUT2D eigenvalue weighted by molar-refractivity contribution is -0.274. The summed E-state index contributed by atoms with van der Waals surface area (Å²) in [6.07, 6.45) is -0.210. The fourth-order valence-corrected chi connectivity index (χ4v) is 2.66. The molecule has 0 fully saturated rings. The molecule has 0 bridgehead atoms. The van der Waals surface area contributed by atoms with Gasteiger partial charge in [0.2, 0.25) is 0 Å². The van der Waals surface area contributed by atoms with Gasteiger partial charge in [0.05, 0.1) is 5.71 Å². The minimum Gasteiger partial charge on any atom is -0.411 e. The second kappa shape index (κ2) is 6.85. The SMILES string of the molecule is CCCCC1=C(c2ccc(OC(F)(F)F)cc2)/C(=N/O)CC1. The summed E-state index contributed by atoms with van der Waals surface area (Å²) in [5, 5.41) is 12.5. The van der Waals surface area contributed by atoms with E-state index in [0.29, 0.717) is 12.1 Å². The summed E-state index contributed by atoms with van der Waals surface area (Å²) >= 11 is 0. The van der Waals surface area contributed by atoms with Crippen LogP contribution in [-0.2, 0) is 0 Å². The van der Waals surface area contributed by atoms with Gasteiger partial charge in [0.15, 0.2) is 0 Å². The molecule has 1 aromatic carbocycles. The lowest BCUT2D eigenvalue weighted by atomic mass is 9.98. The highest BCUT2D eigenvalue weighted by atomic mass is 19.4. The van der Waals surface area contributed by atoms with E-state index in [-0.39, 0.29) is 5.75 Å². The number of halogens is 3. The zero-order valence-corrected chi connectivity index (χ0v) is 12.3. The predicted octanol–water partition coefficient (Wildman–Crippen LogP) is 5.15. The molecular formula is C16H18F3NO2. The van der Waals surface area contributed by atoms with Crippen LogP contribution in [0.4, 0.5) is 13.2 Å². The van der Waals surface area contributed by atoms with E-state index in [1.165, 1.54) is 17.7 Å². The molecule has 1 aromatic rings. The van der Waals surface area contributed by atoms with Gasteiger partial charge in [0.1, 0.15) is 5.75 Å². The first-order valence-corrected chi connectivity index (χ1v) is 7.24. The monoisotopic (exact) mass is 313 g/mol. The summed E-state index contributed by atoms with van der Waals surface area (Å²) in [5.41, 5.74) is 3.40. The molecule has 0 heterocycles. The van der Waals surface area contributed by atoms with Crippen LogP contribution in [0.15, 0.2) is 35.0 Å². The molecule has 6 heteroatoms. The molecular weight excluding hydrogens is 295 g/mol. The van der Waals surface area contributed by atoms with E-state index in [9.17, 15) is 13.2 Å². The topological polar surface area (TPSA) is 41.8 Å². The van der Waals surface area contributed by atoms with Crippen molar-refractivity contribution in [2.45, 2.75) is 45.4 Å². The Morgan fingerprint density at radius 3 is 2.41 bits per heavy atom. The van der Waals surface area contributed by atoms with Crippen LogP contribution in [-0.4, -0.2) is 17.3 Å². The van der Waals surface area contributed by atoms with Gasteiger partial charge >= 0.3 is 6.36 Å². The van der Waals surface area contributed by atoms with Crippen LogP contribution in [0.1, 0.15) is 44.6 Å². The van der Waals surface area contributed by atoms with Gasteiger partial charge < -0.3 is 9.94 Å². The highest BCUT2D eigenvalue weighted by Crippen LogP contribution is 2.35. The standard InChI is InChI=1S/C16H18F3NO2/c1-2-3-4-11-7-10-14(20-21)15(11)12-5-8-13(9-6-12)22-16(17,18)19/h5-6,8-9,21H,2-4,7,10H2,1H3/b20-14+. The first-order chi connectivity index (χ1) is 10.4. The lowest BCUT2D eigenvalue weighted by Gasteiger charge is -2.11. The van der Waals surface area contributed by atoms with Crippen LogP contribution in [0.2, 0.25) is 0 Å². The van der Waals surface area contributed by atoms with Crippen molar-refractivity contribution in [1.29, 1.82) is 0 Å². The number of allylic oxidation sites excluding steroid dienone is 2. The molecule has 0 atom stereocenters. The molecule has 1 N–H and O–H groups in total. The number of hydrogen-bond acceptors (Lipinski definition) is 3. The number of oxime groups is 1. The van der Waals surface area contributed by atoms with Crippen molar-refractivity contribution in [3.05, 3.63) is 35.4 Å². The van der Waals surface area contributed by atoms with Crippen LogP contribution in [0, 0.1) is 0 Å². The fraction of sp³-hybridized carbons (Fsp3) is 0.438. The van der Waals surface area contributed by atoms with Crippen LogP contribution in [0.25, 0.3) is 5.57 Å². The summed E-state index contributed by atoms with van der Waals surface area (Å²) < 4.78 is 40.4. The van der Waals surface area contributed by atoms with E-state index < -0.39 is 6.36 Å². The zero-order chi connectivity index (χ0) is 16.2. The molecule has 0 saturated heterocycles. The average molecular weight is 313 g/mol. The van der Waals surface area contributed by atoms with E-state index in [1.54, 1.807) is 12.1 Å². The molecule has 3 nitrogen and oxygen atoms in total. The number of ether oxygens (including phenoxy) is 1. The van der Waals surface area contributed by atoms with Gasteiger partial charge in [-0.25, -0.2) is 0 Å². The van der Waals surface area contributed by atoms with Gasteiger partial charge in [0.25, 0.3) is 0 Å². The van der Waals surface area contributed by atoms with Crippen LogP contribution in [0.5, 0.6) is 5.75 Å². The van der Waals surface area contributed by atoms with Gasteiger partial charge in [0, 0.05) is 5.57 Å². The molecule has 1 aliphatic carbocycles. The van der Waals surface area contributed by atoms with Crippen molar-refractivity contribution in [1.82, 2.24) is 0 Å². The molecule has 0 spiro atoms. The Balaban J connectivity index is 2.27. The van der Waals surface area contributed by atoms with Gasteiger partial charge in [-0.2, -0.15) is 0 Å². The smallest absolute Gasteiger partial charge is 0.411 e. The summed E-state index contributed by atoms with van der Waals surface area (Å²) in [6.45, 7) is 2.10. The van der Waals surface area contributed by atoms with Crippen LogP contribution < -0.4 is 4.74 Å². The molecule has 0 amide bonds. The maximum absolute atomic E-state index is 12.2.